The number of fused-ring (bicyclic) bond motifs is 1. The topological polar surface area (TPSA) is 53.5 Å². The van der Waals surface area contributed by atoms with Crippen LogP contribution in [-0.2, 0) is 11.2 Å². The molecule has 0 saturated carbocycles. The minimum absolute atomic E-state index is 0.155. The predicted molar refractivity (Wildman–Crippen MR) is 64.8 cm³/mol. The molecule has 0 atom stereocenters. The third-order valence-electron chi connectivity index (χ3n) is 2.40. The number of rotatable bonds is 4. The SMILES string of the molecule is [N-]=[N+]=CC(=O)CCc1csc2ccccc12. The molecule has 3 nitrogen and oxygen atoms in total. The number of carbonyl (C=O) groups is 1. The maximum atomic E-state index is 11.2. The van der Waals surface area contributed by atoms with Crippen molar-refractivity contribution >= 4 is 33.4 Å². The molecule has 1 heterocycles. The largest absolute Gasteiger partial charge is 0.361 e. The first-order chi connectivity index (χ1) is 7.81. The van der Waals surface area contributed by atoms with Crippen LogP contribution in [0.2, 0.25) is 0 Å². The summed E-state index contributed by atoms with van der Waals surface area (Å²) >= 11 is 1.68. The zero-order valence-corrected chi connectivity index (χ0v) is 9.41. The van der Waals surface area contributed by atoms with E-state index < -0.39 is 0 Å². The van der Waals surface area contributed by atoms with Gasteiger partial charge in [0.25, 0.3) is 0 Å². The van der Waals surface area contributed by atoms with E-state index in [2.05, 4.69) is 22.3 Å². The minimum atomic E-state index is -0.155. The monoisotopic (exact) mass is 230 g/mol. The molecule has 0 aliphatic heterocycles. The Bertz CT molecular complexity index is 567. The molecule has 0 saturated heterocycles. The molecule has 0 N–H and O–H groups in total. The minimum Gasteiger partial charge on any atom is -0.361 e. The number of nitrogens with zero attached hydrogens (tertiary/aromatic N) is 2. The lowest BCUT2D eigenvalue weighted by Crippen LogP contribution is -2.01. The van der Waals surface area contributed by atoms with Crippen LogP contribution in [0.4, 0.5) is 0 Å². The Hall–Kier alpha value is -1.77. The maximum Gasteiger partial charge on any atom is 0.323 e. The van der Waals surface area contributed by atoms with Crippen molar-refractivity contribution in [3.63, 3.8) is 0 Å². The molecule has 4 heteroatoms. The number of carbonyl (C=O) groups excluding carboxylic acids is 1. The molecule has 2 aromatic rings. The second-order valence-corrected chi connectivity index (χ2v) is 4.38. The van der Waals surface area contributed by atoms with Crippen molar-refractivity contribution in [1.29, 1.82) is 0 Å². The van der Waals surface area contributed by atoms with Gasteiger partial charge in [-0.1, -0.05) is 18.2 Å². The lowest BCUT2D eigenvalue weighted by atomic mass is 10.1. The van der Waals surface area contributed by atoms with Crippen molar-refractivity contribution in [1.82, 2.24) is 0 Å². The smallest absolute Gasteiger partial charge is 0.323 e. The number of benzene rings is 1. The average molecular weight is 230 g/mol. The summed E-state index contributed by atoms with van der Waals surface area (Å²) in [6.45, 7) is 0. The van der Waals surface area contributed by atoms with Crippen LogP contribution in [0.15, 0.2) is 29.6 Å². The first kappa shape index (κ1) is 10.7. The number of Topliss-reactive ketones (excluding diaryl/α,β-unsaturated/α-hetero) is 1. The summed E-state index contributed by atoms with van der Waals surface area (Å²) in [5.41, 5.74) is 9.40. The van der Waals surface area contributed by atoms with Crippen LogP contribution < -0.4 is 0 Å². The lowest BCUT2D eigenvalue weighted by molar-refractivity contribution is -0.116. The van der Waals surface area contributed by atoms with Crippen LogP contribution >= 0.6 is 11.3 Å². The molecule has 0 amide bonds. The molecule has 0 unspecified atom stereocenters. The van der Waals surface area contributed by atoms with E-state index in [0.717, 1.165) is 6.21 Å². The molecular weight excluding hydrogens is 220 g/mol. The number of thiophene rings is 1. The number of aryl methyl sites for hydroxylation is 1. The van der Waals surface area contributed by atoms with Gasteiger partial charge < -0.3 is 5.53 Å². The fourth-order valence-corrected chi connectivity index (χ4v) is 2.61. The van der Waals surface area contributed by atoms with Gasteiger partial charge in [0.1, 0.15) is 0 Å². The van der Waals surface area contributed by atoms with Gasteiger partial charge in [-0.05, 0) is 28.8 Å². The summed E-state index contributed by atoms with van der Waals surface area (Å²) in [6, 6.07) is 8.13. The number of ketones is 1. The summed E-state index contributed by atoms with van der Waals surface area (Å²) in [7, 11) is 0. The quantitative estimate of drug-likeness (QED) is 0.452. The highest BCUT2D eigenvalue weighted by molar-refractivity contribution is 7.17. The zero-order valence-electron chi connectivity index (χ0n) is 8.59. The highest BCUT2D eigenvalue weighted by atomic mass is 32.1. The van der Waals surface area contributed by atoms with E-state index in [-0.39, 0.29) is 5.78 Å². The van der Waals surface area contributed by atoms with Crippen molar-refractivity contribution < 1.29 is 9.58 Å². The molecule has 0 spiro atoms. The summed E-state index contributed by atoms with van der Waals surface area (Å²) in [5.74, 6) is -0.155. The van der Waals surface area contributed by atoms with Crippen LogP contribution in [0.5, 0.6) is 0 Å². The van der Waals surface area contributed by atoms with Crippen molar-refractivity contribution in [3.05, 3.63) is 40.7 Å². The Morgan fingerprint density at radius 2 is 2.25 bits per heavy atom. The van der Waals surface area contributed by atoms with Crippen LogP contribution in [0.1, 0.15) is 12.0 Å². The molecular formula is C12H10N2OS. The molecule has 80 valence electrons. The molecule has 2 rings (SSSR count). The van der Waals surface area contributed by atoms with E-state index in [1.54, 1.807) is 11.3 Å². The van der Waals surface area contributed by atoms with Crippen molar-refractivity contribution in [3.8, 4) is 0 Å². The normalized spacial score (nSPS) is 10.0. The number of hydrogen-bond acceptors (Lipinski definition) is 2. The fraction of sp³-hybridized carbons (Fsp3) is 0.167. The summed E-state index contributed by atoms with van der Waals surface area (Å²) < 4.78 is 1.24. The van der Waals surface area contributed by atoms with Crippen molar-refractivity contribution in [2.45, 2.75) is 12.8 Å². The lowest BCUT2D eigenvalue weighted by Gasteiger charge is -1.95. The molecule has 0 fully saturated rings. The van der Waals surface area contributed by atoms with Crippen LogP contribution in [0.3, 0.4) is 0 Å². The van der Waals surface area contributed by atoms with Crippen molar-refractivity contribution in [2.75, 3.05) is 0 Å². The second-order valence-electron chi connectivity index (χ2n) is 3.47. The molecule has 0 aliphatic rings. The molecule has 16 heavy (non-hydrogen) atoms. The molecule has 1 aromatic heterocycles. The van der Waals surface area contributed by atoms with E-state index in [9.17, 15) is 4.79 Å². The predicted octanol–water partition coefficient (Wildman–Crippen LogP) is 2.70. The van der Waals surface area contributed by atoms with Gasteiger partial charge in [0.15, 0.2) is 0 Å². The van der Waals surface area contributed by atoms with Crippen LogP contribution in [-0.4, -0.2) is 16.8 Å². The summed E-state index contributed by atoms with van der Waals surface area (Å²) in [5, 5.41) is 3.29. The van der Waals surface area contributed by atoms with E-state index in [4.69, 9.17) is 5.53 Å². The van der Waals surface area contributed by atoms with Gasteiger partial charge in [-0.25, -0.2) is 0 Å². The van der Waals surface area contributed by atoms with E-state index >= 15 is 0 Å². The Balaban J connectivity index is 2.16. The third kappa shape index (κ3) is 2.24. The van der Waals surface area contributed by atoms with Crippen molar-refractivity contribution in [2.24, 2.45) is 0 Å². The highest BCUT2D eigenvalue weighted by Gasteiger charge is 2.07. The maximum absolute atomic E-state index is 11.2. The summed E-state index contributed by atoms with van der Waals surface area (Å²) in [6.07, 6.45) is 2.02. The standard InChI is InChI=1S/C12H10N2OS/c13-14-7-10(15)6-5-9-8-16-12-4-2-1-3-11(9)12/h1-4,7-8H,5-6H2. The summed E-state index contributed by atoms with van der Waals surface area (Å²) in [4.78, 5) is 13.9. The first-order valence-corrected chi connectivity index (χ1v) is 5.84. The Morgan fingerprint density at radius 1 is 1.44 bits per heavy atom. The van der Waals surface area contributed by atoms with Gasteiger partial charge in [-0.2, -0.15) is 4.79 Å². The molecule has 1 aromatic carbocycles. The highest BCUT2D eigenvalue weighted by Crippen LogP contribution is 2.26. The number of hydrogen-bond donors (Lipinski definition) is 0. The Labute approximate surface area is 97.0 Å². The van der Waals surface area contributed by atoms with Gasteiger partial charge in [-0.3, -0.25) is 4.79 Å². The Kier molecular flexibility index (Phi) is 3.25. The third-order valence-corrected chi connectivity index (χ3v) is 3.42. The zero-order chi connectivity index (χ0) is 11.4. The van der Waals surface area contributed by atoms with E-state index in [1.807, 2.05) is 12.1 Å². The van der Waals surface area contributed by atoms with Gasteiger partial charge in [0.05, 0.1) is 0 Å². The van der Waals surface area contributed by atoms with Crippen LogP contribution in [0.25, 0.3) is 15.6 Å². The Morgan fingerprint density at radius 3 is 3.06 bits per heavy atom. The van der Waals surface area contributed by atoms with Gasteiger partial charge in [0.2, 0.25) is 5.78 Å². The van der Waals surface area contributed by atoms with E-state index in [0.29, 0.717) is 12.8 Å². The van der Waals surface area contributed by atoms with Gasteiger partial charge >= 0.3 is 6.21 Å². The van der Waals surface area contributed by atoms with E-state index in [1.165, 1.54) is 15.6 Å². The fourth-order valence-electron chi connectivity index (χ4n) is 1.61. The molecule has 0 aliphatic carbocycles. The second kappa shape index (κ2) is 4.84. The van der Waals surface area contributed by atoms with Gasteiger partial charge in [0, 0.05) is 11.1 Å². The average Bonchev–Trinajstić information content (AvgIpc) is 2.70. The molecule has 0 radical (unpaired) electrons. The first-order valence-electron chi connectivity index (χ1n) is 4.96. The molecule has 0 bridgehead atoms. The van der Waals surface area contributed by atoms with Crippen LogP contribution in [0, 0.1) is 0 Å². The van der Waals surface area contributed by atoms with Gasteiger partial charge in [-0.15, -0.1) is 11.3 Å².